The van der Waals surface area contributed by atoms with E-state index in [-0.39, 0.29) is 22.8 Å². The molecule has 0 saturated heterocycles. The molecule has 0 fully saturated rings. The van der Waals surface area contributed by atoms with Gasteiger partial charge in [-0.3, -0.25) is 4.79 Å². The lowest BCUT2D eigenvalue weighted by molar-refractivity contribution is -0.129. The number of Topliss-reactive ketones (excluding diaryl/α,β-unsaturated/α-hetero) is 1. The van der Waals surface area contributed by atoms with Gasteiger partial charge in [0, 0.05) is 17.5 Å². The summed E-state index contributed by atoms with van der Waals surface area (Å²) in [5.74, 6) is 0.274. The van der Waals surface area contributed by atoms with Gasteiger partial charge in [0.15, 0.2) is 5.78 Å². The minimum absolute atomic E-state index is 0.0401. The average Bonchev–Trinajstić information content (AvgIpc) is 1.96. The summed E-state index contributed by atoms with van der Waals surface area (Å²) in [6.07, 6.45) is 0. The first-order chi connectivity index (χ1) is 6.93. The minimum Gasteiger partial charge on any atom is -0.307 e. The fourth-order valence-electron chi connectivity index (χ4n) is 1.60. The number of carbonyl (C=O) groups is 1. The standard InChI is InChI=1S/C13H28N2O/c1-12(2,3)11(16)10(9-15(7)8)14-13(4,5)6/h10,14H,9H2,1-8H3/t10-/m0/s1. The molecule has 0 heterocycles. The van der Waals surface area contributed by atoms with E-state index in [9.17, 15) is 4.79 Å². The van der Waals surface area contributed by atoms with Crippen molar-refractivity contribution in [3.8, 4) is 0 Å². The summed E-state index contributed by atoms with van der Waals surface area (Å²) in [5, 5.41) is 3.40. The van der Waals surface area contributed by atoms with Gasteiger partial charge >= 0.3 is 0 Å². The van der Waals surface area contributed by atoms with Gasteiger partial charge in [0.2, 0.25) is 0 Å². The van der Waals surface area contributed by atoms with Gasteiger partial charge in [-0.2, -0.15) is 0 Å². The van der Waals surface area contributed by atoms with Crippen LogP contribution >= 0.6 is 0 Å². The quantitative estimate of drug-likeness (QED) is 0.798. The number of ketones is 1. The fourth-order valence-corrected chi connectivity index (χ4v) is 1.60. The van der Waals surface area contributed by atoms with Crippen LogP contribution in [0.4, 0.5) is 0 Å². The Bertz CT molecular complexity index is 233. The number of carbonyl (C=O) groups excluding carboxylic acids is 1. The molecular formula is C13H28N2O. The fraction of sp³-hybridized carbons (Fsp3) is 0.923. The van der Waals surface area contributed by atoms with Crippen molar-refractivity contribution < 1.29 is 4.79 Å². The molecule has 0 aromatic heterocycles. The van der Waals surface area contributed by atoms with E-state index in [1.165, 1.54) is 0 Å². The summed E-state index contributed by atoms with van der Waals surface area (Å²) in [5.41, 5.74) is -0.333. The Hall–Kier alpha value is -0.410. The highest BCUT2D eigenvalue weighted by atomic mass is 16.1. The van der Waals surface area contributed by atoms with Crippen LogP contribution in [0.1, 0.15) is 41.5 Å². The van der Waals surface area contributed by atoms with Crippen molar-refractivity contribution in [3.63, 3.8) is 0 Å². The number of likely N-dealkylation sites (N-methyl/N-ethyl adjacent to an activating group) is 1. The van der Waals surface area contributed by atoms with Crippen molar-refractivity contribution in [1.82, 2.24) is 10.2 Å². The van der Waals surface area contributed by atoms with Crippen LogP contribution in [0, 0.1) is 5.41 Å². The summed E-state index contributed by atoms with van der Waals surface area (Å²) in [6.45, 7) is 12.9. The zero-order valence-electron chi connectivity index (χ0n) is 12.1. The number of nitrogens with zero attached hydrogens (tertiary/aromatic N) is 1. The van der Waals surface area contributed by atoms with Crippen LogP contribution in [0.3, 0.4) is 0 Å². The Morgan fingerprint density at radius 3 is 1.81 bits per heavy atom. The number of nitrogens with one attached hydrogen (secondary N) is 1. The third-order valence-electron chi connectivity index (χ3n) is 2.21. The van der Waals surface area contributed by atoms with Crippen LogP contribution in [0.5, 0.6) is 0 Å². The maximum Gasteiger partial charge on any atom is 0.156 e. The van der Waals surface area contributed by atoms with E-state index in [0.29, 0.717) is 0 Å². The average molecular weight is 228 g/mol. The molecule has 0 radical (unpaired) electrons. The van der Waals surface area contributed by atoms with Gasteiger partial charge in [0.25, 0.3) is 0 Å². The van der Waals surface area contributed by atoms with Crippen LogP contribution in [-0.2, 0) is 4.79 Å². The first-order valence-corrected chi connectivity index (χ1v) is 5.90. The van der Waals surface area contributed by atoms with E-state index in [1.807, 2.05) is 39.8 Å². The second-order valence-corrected chi connectivity index (χ2v) is 6.82. The van der Waals surface area contributed by atoms with Crippen LogP contribution in [0.15, 0.2) is 0 Å². The molecule has 96 valence electrons. The van der Waals surface area contributed by atoms with Gasteiger partial charge in [-0.15, -0.1) is 0 Å². The highest BCUT2D eigenvalue weighted by molar-refractivity contribution is 5.89. The third kappa shape index (κ3) is 6.23. The normalized spacial score (nSPS) is 15.3. The second kappa shape index (κ2) is 5.28. The first kappa shape index (κ1) is 15.6. The van der Waals surface area contributed by atoms with E-state index >= 15 is 0 Å². The molecule has 0 aromatic carbocycles. The Morgan fingerprint density at radius 1 is 1.12 bits per heavy atom. The van der Waals surface area contributed by atoms with Crippen molar-refractivity contribution in [2.45, 2.75) is 53.1 Å². The van der Waals surface area contributed by atoms with E-state index < -0.39 is 0 Å². The first-order valence-electron chi connectivity index (χ1n) is 5.90. The Balaban J connectivity index is 4.75. The van der Waals surface area contributed by atoms with E-state index in [1.54, 1.807) is 0 Å². The van der Waals surface area contributed by atoms with Crippen LogP contribution in [0.2, 0.25) is 0 Å². The van der Waals surface area contributed by atoms with Gasteiger partial charge in [-0.05, 0) is 34.9 Å². The maximum absolute atomic E-state index is 12.3. The minimum atomic E-state index is -0.293. The molecule has 1 N–H and O–H groups in total. The lowest BCUT2D eigenvalue weighted by atomic mass is 9.85. The molecule has 0 aliphatic carbocycles. The number of rotatable bonds is 4. The molecule has 3 heteroatoms. The molecule has 0 bridgehead atoms. The molecule has 0 amide bonds. The maximum atomic E-state index is 12.3. The van der Waals surface area contributed by atoms with Crippen molar-refractivity contribution in [2.75, 3.05) is 20.6 Å². The zero-order chi connectivity index (χ0) is 13.1. The van der Waals surface area contributed by atoms with Gasteiger partial charge in [0.05, 0.1) is 6.04 Å². The van der Waals surface area contributed by atoms with Crippen molar-refractivity contribution in [3.05, 3.63) is 0 Å². The monoisotopic (exact) mass is 228 g/mol. The molecule has 0 aromatic rings. The summed E-state index contributed by atoms with van der Waals surface area (Å²) in [4.78, 5) is 14.3. The largest absolute Gasteiger partial charge is 0.307 e. The molecule has 16 heavy (non-hydrogen) atoms. The van der Waals surface area contributed by atoms with Crippen molar-refractivity contribution in [1.29, 1.82) is 0 Å². The molecule has 0 aliphatic rings. The van der Waals surface area contributed by atoms with Gasteiger partial charge in [0.1, 0.15) is 0 Å². The smallest absolute Gasteiger partial charge is 0.156 e. The van der Waals surface area contributed by atoms with Crippen LogP contribution < -0.4 is 5.32 Å². The lowest BCUT2D eigenvalue weighted by Crippen LogP contribution is -2.54. The molecular weight excluding hydrogens is 200 g/mol. The van der Waals surface area contributed by atoms with Crippen LogP contribution in [0.25, 0.3) is 0 Å². The van der Waals surface area contributed by atoms with Crippen molar-refractivity contribution >= 4 is 5.78 Å². The molecule has 0 rings (SSSR count). The number of hydrogen-bond acceptors (Lipinski definition) is 3. The van der Waals surface area contributed by atoms with Gasteiger partial charge in [-0.1, -0.05) is 20.8 Å². The summed E-state index contributed by atoms with van der Waals surface area (Å²) >= 11 is 0. The summed E-state index contributed by atoms with van der Waals surface area (Å²) in [6, 6.07) is -0.102. The number of hydrogen-bond donors (Lipinski definition) is 1. The van der Waals surface area contributed by atoms with Crippen molar-refractivity contribution in [2.24, 2.45) is 5.41 Å². The predicted octanol–water partition coefficient (Wildman–Crippen LogP) is 1.92. The lowest BCUT2D eigenvalue weighted by Gasteiger charge is -2.33. The zero-order valence-corrected chi connectivity index (χ0v) is 12.1. The highest BCUT2D eigenvalue weighted by Gasteiger charge is 2.31. The summed E-state index contributed by atoms with van der Waals surface area (Å²) in [7, 11) is 3.99. The Labute approximate surface area is 101 Å². The van der Waals surface area contributed by atoms with E-state index in [0.717, 1.165) is 6.54 Å². The molecule has 3 nitrogen and oxygen atoms in total. The second-order valence-electron chi connectivity index (χ2n) is 6.82. The SMILES string of the molecule is CN(C)C[C@H](NC(C)(C)C)C(=O)C(C)(C)C. The molecule has 0 spiro atoms. The predicted molar refractivity (Wildman–Crippen MR) is 69.7 cm³/mol. The topological polar surface area (TPSA) is 32.3 Å². The summed E-state index contributed by atoms with van der Waals surface area (Å²) < 4.78 is 0. The van der Waals surface area contributed by atoms with Gasteiger partial charge < -0.3 is 10.2 Å². The Kier molecular flexibility index (Phi) is 5.15. The molecule has 0 aliphatic heterocycles. The Morgan fingerprint density at radius 2 is 1.56 bits per heavy atom. The van der Waals surface area contributed by atoms with E-state index in [2.05, 4.69) is 26.1 Å². The van der Waals surface area contributed by atoms with Gasteiger partial charge in [-0.25, -0.2) is 0 Å². The molecule has 1 atom stereocenters. The molecule has 0 unspecified atom stereocenters. The molecule has 0 saturated carbocycles. The highest BCUT2D eigenvalue weighted by Crippen LogP contribution is 2.18. The van der Waals surface area contributed by atoms with E-state index in [4.69, 9.17) is 0 Å². The third-order valence-corrected chi connectivity index (χ3v) is 2.21. The van der Waals surface area contributed by atoms with Crippen LogP contribution in [-0.4, -0.2) is 42.9 Å².